The summed E-state index contributed by atoms with van der Waals surface area (Å²) >= 11 is 0. The minimum Gasteiger partial charge on any atom is -0.393 e. The van der Waals surface area contributed by atoms with Crippen LogP contribution in [0.5, 0.6) is 0 Å². The molecule has 0 saturated heterocycles. The zero-order valence-electron chi connectivity index (χ0n) is 11.6. The predicted molar refractivity (Wildman–Crippen MR) is 78.5 cm³/mol. The van der Waals surface area contributed by atoms with E-state index in [2.05, 4.69) is 10.3 Å². The van der Waals surface area contributed by atoms with E-state index in [0.717, 1.165) is 35.0 Å². The fraction of sp³-hybridized carbons (Fsp3) is 0.438. The molecule has 1 saturated carbocycles. The van der Waals surface area contributed by atoms with E-state index in [-0.39, 0.29) is 18.1 Å². The molecule has 3 N–H and O–H groups in total. The molecule has 1 fully saturated rings. The molecule has 0 radical (unpaired) electrons. The van der Waals surface area contributed by atoms with Gasteiger partial charge in [0.15, 0.2) is 0 Å². The molecule has 0 unspecified atom stereocenters. The minimum absolute atomic E-state index is 0.0388. The molecular weight excluding hydrogens is 252 g/mol. The molecule has 106 valence electrons. The number of rotatable bonds is 3. The summed E-state index contributed by atoms with van der Waals surface area (Å²) in [6.07, 6.45) is 2.48. The van der Waals surface area contributed by atoms with Crippen molar-refractivity contribution in [2.45, 2.75) is 44.8 Å². The number of fused-ring (bicyclic) bond motifs is 1. The highest BCUT2D eigenvalue weighted by atomic mass is 16.3. The molecule has 0 bridgehead atoms. The number of H-pyrrole nitrogens is 1. The van der Waals surface area contributed by atoms with E-state index >= 15 is 0 Å². The number of nitrogens with one attached hydrogen (secondary N) is 2. The van der Waals surface area contributed by atoms with Crippen LogP contribution in [0.1, 0.15) is 30.5 Å². The lowest BCUT2D eigenvalue weighted by atomic mass is 10.1. The van der Waals surface area contributed by atoms with Crippen LogP contribution in [0, 0.1) is 6.92 Å². The van der Waals surface area contributed by atoms with Gasteiger partial charge in [0.05, 0.1) is 12.5 Å². The third-order valence-corrected chi connectivity index (χ3v) is 4.13. The second-order valence-corrected chi connectivity index (χ2v) is 5.68. The number of aliphatic hydroxyl groups excluding tert-OH is 1. The van der Waals surface area contributed by atoms with E-state index in [9.17, 15) is 9.90 Å². The van der Waals surface area contributed by atoms with Gasteiger partial charge in [0.1, 0.15) is 0 Å². The van der Waals surface area contributed by atoms with E-state index in [1.165, 1.54) is 0 Å². The number of aromatic amines is 1. The van der Waals surface area contributed by atoms with Crippen molar-refractivity contribution >= 4 is 16.8 Å². The van der Waals surface area contributed by atoms with E-state index in [1.54, 1.807) is 0 Å². The maximum atomic E-state index is 12.2. The molecule has 1 aliphatic rings. The fourth-order valence-corrected chi connectivity index (χ4v) is 3.09. The number of aliphatic hydroxyl groups is 1. The number of aryl methyl sites for hydroxylation is 1. The molecule has 1 amide bonds. The fourth-order valence-electron chi connectivity index (χ4n) is 3.09. The van der Waals surface area contributed by atoms with Crippen LogP contribution in [0.15, 0.2) is 24.3 Å². The predicted octanol–water partition coefficient (Wildman–Crippen LogP) is 2.05. The van der Waals surface area contributed by atoms with Gasteiger partial charge in [-0.2, -0.15) is 0 Å². The molecule has 0 spiro atoms. The molecule has 1 heterocycles. The van der Waals surface area contributed by atoms with Crippen LogP contribution in [-0.2, 0) is 11.2 Å². The monoisotopic (exact) mass is 272 g/mol. The van der Waals surface area contributed by atoms with Crippen molar-refractivity contribution < 1.29 is 9.90 Å². The molecule has 20 heavy (non-hydrogen) atoms. The Morgan fingerprint density at radius 2 is 2.20 bits per heavy atom. The third-order valence-electron chi connectivity index (χ3n) is 4.13. The number of carbonyl (C=O) groups is 1. The van der Waals surface area contributed by atoms with Gasteiger partial charge in [-0.3, -0.25) is 4.79 Å². The SMILES string of the molecule is Cc1[nH]c2ccccc2c1CC(=O)N[C@H]1CC[C@@H](O)C1. The first-order chi connectivity index (χ1) is 9.63. The first-order valence-corrected chi connectivity index (χ1v) is 7.17. The number of benzene rings is 1. The van der Waals surface area contributed by atoms with E-state index in [4.69, 9.17) is 0 Å². The van der Waals surface area contributed by atoms with Crippen LogP contribution >= 0.6 is 0 Å². The lowest BCUT2D eigenvalue weighted by Crippen LogP contribution is -2.34. The van der Waals surface area contributed by atoms with Crippen LogP contribution in [-0.4, -0.2) is 28.1 Å². The zero-order chi connectivity index (χ0) is 14.1. The first kappa shape index (κ1) is 13.2. The summed E-state index contributed by atoms with van der Waals surface area (Å²) < 4.78 is 0. The Labute approximate surface area is 118 Å². The van der Waals surface area contributed by atoms with Crippen molar-refractivity contribution in [1.82, 2.24) is 10.3 Å². The largest absolute Gasteiger partial charge is 0.393 e. The first-order valence-electron chi connectivity index (χ1n) is 7.17. The lowest BCUT2D eigenvalue weighted by molar-refractivity contribution is -0.121. The molecule has 1 aliphatic carbocycles. The van der Waals surface area contributed by atoms with Crippen LogP contribution in [0.3, 0.4) is 0 Å². The van der Waals surface area contributed by atoms with Crippen molar-refractivity contribution in [3.05, 3.63) is 35.5 Å². The Bertz CT molecular complexity index is 632. The lowest BCUT2D eigenvalue weighted by Gasteiger charge is -2.12. The van der Waals surface area contributed by atoms with Gasteiger partial charge in [-0.1, -0.05) is 18.2 Å². The normalized spacial score (nSPS) is 22.3. The van der Waals surface area contributed by atoms with Gasteiger partial charge in [0, 0.05) is 22.6 Å². The Hall–Kier alpha value is -1.81. The Morgan fingerprint density at radius 3 is 2.95 bits per heavy atom. The summed E-state index contributed by atoms with van der Waals surface area (Å²) in [4.78, 5) is 15.5. The topological polar surface area (TPSA) is 65.1 Å². The van der Waals surface area contributed by atoms with Gasteiger partial charge in [-0.15, -0.1) is 0 Å². The van der Waals surface area contributed by atoms with Gasteiger partial charge >= 0.3 is 0 Å². The average Bonchev–Trinajstić information content (AvgIpc) is 2.94. The summed E-state index contributed by atoms with van der Waals surface area (Å²) in [7, 11) is 0. The smallest absolute Gasteiger partial charge is 0.224 e. The van der Waals surface area contributed by atoms with Crippen molar-refractivity contribution in [3.63, 3.8) is 0 Å². The summed E-state index contributed by atoms with van der Waals surface area (Å²) in [5.41, 5.74) is 3.19. The van der Waals surface area contributed by atoms with Crippen LogP contribution in [0.2, 0.25) is 0 Å². The van der Waals surface area contributed by atoms with Crippen molar-refractivity contribution in [3.8, 4) is 0 Å². The van der Waals surface area contributed by atoms with Gasteiger partial charge in [0.25, 0.3) is 0 Å². The van der Waals surface area contributed by atoms with Gasteiger partial charge < -0.3 is 15.4 Å². The minimum atomic E-state index is -0.255. The molecular formula is C16H20N2O2. The average molecular weight is 272 g/mol. The van der Waals surface area contributed by atoms with Gasteiger partial charge in [-0.05, 0) is 37.8 Å². The summed E-state index contributed by atoms with van der Waals surface area (Å²) in [5.74, 6) is 0.0388. The second-order valence-electron chi connectivity index (χ2n) is 5.68. The number of hydrogen-bond donors (Lipinski definition) is 3. The molecule has 4 nitrogen and oxygen atoms in total. The number of aromatic nitrogens is 1. The van der Waals surface area contributed by atoms with Crippen LogP contribution < -0.4 is 5.32 Å². The standard InChI is InChI=1S/C16H20N2O2/c1-10-14(13-4-2-3-5-15(13)17-10)9-16(20)18-11-6-7-12(19)8-11/h2-5,11-12,17,19H,6-9H2,1H3,(H,18,20)/t11-,12+/m0/s1. The quantitative estimate of drug-likeness (QED) is 0.800. The summed E-state index contributed by atoms with van der Waals surface area (Å²) in [6, 6.07) is 8.17. The molecule has 2 aromatic rings. The van der Waals surface area contributed by atoms with E-state index in [1.807, 2.05) is 31.2 Å². The number of carbonyl (C=O) groups excluding carboxylic acids is 1. The van der Waals surface area contributed by atoms with Crippen molar-refractivity contribution in [2.75, 3.05) is 0 Å². The zero-order valence-corrected chi connectivity index (χ0v) is 11.6. The number of amides is 1. The highest BCUT2D eigenvalue weighted by Gasteiger charge is 2.24. The maximum Gasteiger partial charge on any atom is 0.224 e. The van der Waals surface area contributed by atoms with Crippen LogP contribution in [0.25, 0.3) is 10.9 Å². The molecule has 4 heteroatoms. The maximum absolute atomic E-state index is 12.2. The van der Waals surface area contributed by atoms with Gasteiger partial charge in [-0.25, -0.2) is 0 Å². The number of hydrogen-bond acceptors (Lipinski definition) is 2. The Morgan fingerprint density at radius 1 is 1.40 bits per heavy atom. The third kappa shape index (κ3) is 2.56. The van der Waals surface area contributed by atoms with Crippen LogP contribution in [0.4, 0.5) is 0 Å². The summed E-state index contributed by atoms with van der Waals surface area (Å²) in [6.45, 7) is 2.00. The highest BCUT2D eigenvalue weighted by molar-refractivity contribution is 5.90. The van der Waals surface area contributed by atoms with E-state index in [0.29, 0.717) is 12.8 Å². The van der Waals surface area contributed by atoms with Crippen molar-refractivity contribution in [2.24, 2.45) is 0 Å². The molecule has 1 aromatic heterocycles. The molecule has 3 rings (SSSR count). The molecule has 2 atom stereocenters. The number of para-hydroxylation sites is 1. The Kier molecular flexibility index (Phi) is 3.49. The highest BCUT2D eigenvalue weighted by Crippen LogP contribution is 2.23. The van der Waals surface area contributed by atoms with E-state index < -0.39 is 0 Å². The molecule has 1 aromatic carbocycles. The summed E-state index contributed by atoms with van der Waals surface area (Å²) in [5, 5.41) is 13.6. The van der Waals surface area contributed by atoms with Gasteiger partial charge in [0.2, 0.25) is 5.91 Å². The van der Waals surface area contributed by atoms with Crippen molar-refractivity contribution in [1.29, 1.82) is 0 Å². The second kappa shape index (κ2) is 5.29. The molecule has 0 aliphatic heterocycles. The Balaban J connectivity index is 1.72.